The summed E-state index contributed by atoms with van der Waals surface area (Å²) in [7, 11) is 1.55. The number of ether oxygens (including phenoxy) is 1. The second kappa shape index (κ2) is 9.74. The van der Waals surface area contributed by atoms with Crippen molar-refractivity contribution in [1.82, 2.24) is 15.2 Å². The van der Waals surface area contributed by atoms with E-state index in [4.69, 9.17) is 20.8 Å². The number of imide groups is 1. The van der Waals surface area contributed by atoms with Crippen molar-refractivity contribution in [1.29, 1.82) is 0 Å². The SMILES string of the molecule is CC[C@]1(c2ccc(OC)cc2)NC(=O)N(CC(=O)N2N=C(c3ccc(Cl)cc3)C[C@@H]2c2ccco2)C1=O. The molecule has 0 aliphatic carbocycles. The first-order valence-corrected chi connectivity index (χ1v) is 12.2. The number of carbonyl (C=O) groups excluding carboxylic acids is 3. The van der Waals surface area contributed by atoms with E-state index in [2.05, 4.69) is 10.4 Å². The summed E-state index contributed by atoms with van der Waals surface area (Å²) in [4.78, 5) is 41.0. The molecule has 9 nitrogen and oxygen atoms in total. The van der Waals surface area contributed by atoms with Gasteiger partial charge in [-0.15, -0.1) is 0 Å². The van der Waals surface area contributed by atoms with E-state index in [1.54, 1.807) is 55.6 Å². The molecule has 4 amide bonds. The van der Waals surface area contributed by atoms with Gasteiger partial charge in [-0.1, -0.05) is 42.8 Å². The minimum Gasteiger partial charge on any atom is -0.497 e. The normalized spacial score (nSPS) is 21.3. The summed E-state index contributed by atoms with van der Waals surface area (Å²) >= 11 is 6.02. The number of nitrogens with one attached hydrogen (secondary N) is 1. The van der Waals surface area contributed by atoms with Gasteiger partial charge in [0.25, 0.3) is 11.8 Å². The van der Waals surface area contributed by atoms with Crippen molar-refractivity contribution in [2.24, 2.45) is 5.10 Å². The lowest BCUT2D eigenvalue weighted by molar-refractivity contribution is -0.140. The highest BCUT2D eigenvalue weighted by Gasteiger charge is 2.52. The van der Waals surface area contributed by atoms with Gasteiger partial charge in [-0.25, -0.2) is 9.80 Å². The fourth-order valence-corrected chi connectivity index (χ4v) is 4.88. The molecule has 1 fully saturated rings. The van der Waals surface area contributed by atoms with E-state index in [0.717, 1.165) is 10.5 Å². The summed E-state index contributed by atoms with van der Waals surface area (Å²) in [6, 6.07) is 16.5. The maximum atomic E-state index is 13.6. The van der Waals surface area contributed by atoms with Crippen LogP contribution in [-0.4, -0.2) is 47.1 Å². The highest BCUT2D eigenvalue weighted by Crippen LogP contribution is 2.36. The fraction of sp³-hybridized carbons (Fsp3) is 0.259. The molecular weight excluding hydrogens is 496 g/mol. The maximum Gasteiger partial charge on any atom is 0.325 e. The Balaban J connectivity index is 1.41. The van der Waals surface area contributed by atoms with Gasteiger partial charge in [-0.3, -0.25) is 14.5 Å². The molecule has 3 heterocycles. The molecule has 190 valence electrons. The number of nitrogens with zero attached hydrogens (tertiary/aromatic N) is 3. The smallest absolute Gasteiger partial charge is 0.325 e. The van der Waals surface area contributed by atoms with Crippen molar-refractivity contribution >= 4 is 35.2 Å². The number of benzene rings is 2. The van der Waals surface area contributed by atoms with Gasteiger partial charge in [0.1, 0.15) is 29.6 Å². The number of halogens is 1. The van der Waals surface area contributed by atoms with Crippen LogP contribution in [0.2, 0.25) is 5.02 Å². The Hall–Kier alpha value is -4.11. The number of hydrazone groups is 1. The van der Waals surface area contributed by atoms with Gasteiger partial charge in [-0.2, -0.15) is 5.10 Å². The molecular formula is C27H25ClN4O5. The van der Waals surface area contributed by atoms with Crippen LogP contribution in [0.1, 0.15) is 42.7 Å². The molecule has 1 aromatic heterocycles. The summed E-state index contributed by atoms with van der Waals surface area (Å²) < 4.78 is 10.8. The Bertz CT molecular complexity index is 1350. The van der Waals surface area contributed by atoms with Crippen molar-refractivity contribution in [3.05, 3.63) is 88.8 Å². The van der Waals surface area contributed by atoms with Crippen molar-refractivity contribution < 1.29 is 23.5 Å². The largest absolute Gasteiger partial charge is 0.497 e. The van der Waals surface area contributed by atoms with E-state index < -0.39 is 36.0 Å². The Morgan fingerprint density at radius 3 is 2.51 bits per heavy atom. The third kappa shape index (κ3) is 4.35. The van der Waals surface area contributed by atoms with Crippen LogP contribution in [0.3, 0.4) is 0 Å². The van der Waals surface area contributed by atoms with Crippen LogP contribution in [0.5, 0.6) is 5.75 Å². The van der Waals surface area contributed by atoms with E-state index in [-0.39, 0.29) is 0 Å². The Morgan fingerprint density at radius 2 is 1.89 bits per heavy atom. The number of hydrogen-bond donors (Lipinski definition) is 1. The molecule has 3 aromatic rings. The predicted molar refractivity (Wildman–Crippen MR) is 136 cm³/mol. The van der Waals surface area contributed by atoms with E-state index in [9.17, 15) is 14.4 Å². The molecule has 0 bridgehead atoms. The zero-order valence-electron chi connectivity index (χ0n) is 20.3. The monoisotopic (exact) mass is 520 g/mol. The number of rotatable bonds is 7. The lowest BCUT2D eigenvalue weighted by Crippen LogP contribution is -2.45. The van der Waals surface area contributed by atoms with Gasteiger partial charge in [0.05, 0.1) is 19.1 Å². The molecule has 2 aliphatic heterocycles. The number of hydrogen-bond acceptors (Lipinski definition) is 6. The molecule has 0 saturated carbocycles. The molecule has 2 aliphatic rings. The van der Waals surface area contributed by atoms with Crippen LogP contribution < -0.4 is 10.1 Å². The second-order valence-corrected chi connectivity index (χ2v) is 9.27. The standard InChI is InChI=1S/C27H25ClN4O5/c1-3-27(18-8-12-20(36-2)13-9-18)25(34)31(26(35)29-27)16-24(33)32-22(23-5-4-14-37-23)15-21(30-32)17-6-10-19(28)11-7-17/h4-14,22H,3,15-16H2,1-2H3,(H,29,35)/t22-,27-/m1/s1. The minimum atomic E-state index is -1.27. The fourth-order valence-electron chi connectivity index (χ4n) is 4.75. The Labute approximate surface area is 218 Å². The average Bonchev–Trinajstić information content (AvgIpc) is 3.65. The van der Waals surface area contributed by atoms with Crippen molar-refractivity contribution in [3.63, 3.8) is 0 Å². The Kier molecular flexibility index (Phi) is 6.47. The van der Waals surface area contributed by atoms with Crippen molar-refractivity contribution in [3.8, 4) is 5.75 Å². The molecule has 2 atom stereocenters. The number of furan rings is 1. The van der Waals surface area contributed by atoms with Gasteiger partial charge in [-0.05, 0) is 53.9 Å². The van der Waals surface area contributed by atoms with Gasteiger partial charge in [0, 0.05) is 11.4 Å². The zero-order chi connectivity index (χ0) is 26.2. The van der Waals surface area contributed by atoms with Crippen LogP contribution in [0.25, 0.3) is 0 Å². The molecule has 5 rings (SSSR count). The molecule has 1 N–H and O–H groups in total. The molecule has 0 radical (unpaired) electrons. The van der Waals surface area contributed by atoms with E-state index in [1.165, 1.54) is 11.3 Å². The number of methoxy groups -OCH3 is 1. The summed E-state index contributed by atoms with van der Waals surface area (Å²) in [5.74, 6) is 0.190. The van der Waals surface area contributed by atoms with Gasteiger partial charge < -0.3 is 14.5 Å². The number of amides is 4. The second-order valence-electron chi connectivity index (χ2n) is 8.84. The van der Waals surface area contributed by atoms with E-state index in [1.807, 2.05) is 19.1 Å². The van der Waals surface area contributed by atoms with Crippen molar-refractivity contribution in [2.45, 2.75) is 31.3 Å². The van der Waals surface area contributed by atoms with Crippen molar-refractivity contribution in [2.75, 3.05) is 13.7 Å². The highest BCUT2D eigenvalue weighted by atomic mass is 35.5. The van der Waals surface area contributed by atoms with Gasteiger partial charge in [0.2, 0.25) is 0 Å². The molecule has 10 heteroatoms. The molecule has 2 aromatic carbocycles. The first kappa shape index (κ1) is 24.6. The summed E-state index contributed by atoms with van der Waals surface area (Å²) in [6.45, 7) is 1.35. The quantitative estimate of drug-likeness (QED) is 0.463. The molecule has 1 saturated heterocycles. The van der Waals surface area contributed by atoms with E-state index >= 15 is 0 Å². The lowest BCUT2D eigenvalue weighted by Gasteiger charge is -2.26. The summed E-state index contributed by atoms with van der Waals surface area (Å²) in [5, 5.41) is 9.25. The third-order valence-electron chi connectivity index (χ3n) is 6.80. The lowest BCUT2D eigenvalue weighted by atomic mass is 9.87. The molecule has 0 spiro atoms. The first-order valence-electron chi connectivity index (χ1n) is 11.8. The topological polar surface area (TPSA) is 104 Å². The number of urea groups is 1. The van der Waals surface area contributed by atoms with Crippen LogP contribution in [0, 0.1) is 0 Å². The summed E-state index contributed by atoms with van der Waals surface area (Å²) in [6.07, 6.45) is 2.25. The molecule has 37 heavy (non-hydrogen) atoms. The van der Waals surface area contributed by atoms with E-state index in [0.29, 0.717) is 40.6 Å². The minimum absolute atomic E-state index is 0.312. The van der Waals surface area contributed by atoms with Crippen LogP contribution in [0.4, 0.5) is 4.79 Å². The van der Waals surface area contributed by atoms with Gasteiger partial charge >= 0.3 is 6.03 Å². The summed E-state index contributed by atoms with van der Waals surface area (Å²) in [5.41, 5.74) is 0.828. The van der Waals surface area contributed by atoms with Crippen LogP contribution >= 0.6 is 11.6 Å². The third-order valence-corrected chi connectivity index (χ3v) is 7.05. The first-order chi connectivity index (χ1) is 17.9. The van der Waals surface area contributed by atoms with Crippen LogP contribution in [0.15, 0.2) is 76.4 Å². The zero-order valence-corrected chi connectivity index (χ0v) is 21.1. The molecule has 0 unspecified atom stereocenters. The highest BCUT2D eigenvalue weighted by molar-refractivity contribution is 6.30. The van der Waals surface area contributed by atoms with Gasteiger partial charge in [0.15, 0.2) is 0 Å². The predicted octanol–water partition coefficient (Wildman–Crippen LogP) is 4.48. The Morgan fingerprint density at radius 1 is 1.16 bits per heavy atom. The maximum absolute atomic E-state index is 13.6. The van der Waals surface area contributed by atoms with Crippen LogP contribution in [-0.2, 0) is 15.1 Å². The number of carbonyl (C=O) groups is 3. The average molecular weight is 521 g/mol.